The summed E-state index contributed by atoms with van der Waals surface area (Å²) in [5.74, 6) is 0. The molecule has 0 saturated heterocycles. The maximum Gasteiger partial charge on any atom is 0.240 e. The van der Waals surface area contributed by atoms with Crippen LogP contribution in [0.1, 0.15) is 11.0 Å². The first-order chi connectivity index (χ1) is 13.5. The molecule has 3 aromatic heterocycles. The summed E-state index contributed by atoms with van der Waals surface area (Å²) in [6.45, 7) is -0.0896. The van der Waals surface area contributed by atoms with Gasteiger partial charge in [-0.1, -0.05) is 6.07 Å². The molecule has 0 amide bonds. The molecule has 0 aliphatic heterocycles. The number of thiophene rings is 2. The molecule has 6 nitrogen and oxygen atoms in total. The highest BCUT2D eigenvalue weighted by molar-refractivity contribution is 7.89. The maximum absolute atomic E-state index is 12.5. The molecule has 3 heterocycles. The predicted molar refractivity (Wildman–Crippen MR) is 111 cm³/mol. The molecule has 0 saturated carbocycles. The number of nitrogens with zero attached hydrogens (tertiary/aromatic N) is 2. The fourth-order valence-electron chi connectivity index (χ4n) is 2.66. The Labute approximate surface area is 170 Å². The van der Waals surface area contributed by atoms with E-state index in [1.54, 1.807) is 46.6 Å². The minimum atomic E-state index is -3.72. The Morgan fingerprint density at radius 2 is 1.89 bits per heavy atom. The Kier molecular flexibility index (Phi) is 5.42. The molecule has 1 atom stereocenters. The lowest BCUT2D eigenvalue weighted by Crippen LogP contribution is -2.28. The summed E-state index contributed by atoms with van der Waals surface area (Å²) in [6.07, 6.45) is 2.53. The van der Waals surface area contributed by atoms with Crippen LogP contribution in [0, 0.1) is 0 Å². The number of aliphatic hydroxyl groups is 1. The summed E-state index contributed by atoms with van der Waals surface area (Å²) >= 11 is 3.09. The van der Waals surface area contributed by atoms with E-state index < -0.39 is 16.1 Å². The van der Waals surface area contributed by atoms with Crippen molar-refractivity contribution in [3.05, 3.63) is 77.2 Å². The van der Waals surface area contributed by atoms with Crippen molar-refractivity contribution < 1.29 is 13.5 Å². The molecule has 0 radical (unpaired) electrons. The number of hydrogen-bond donors (Lipinski definition) is 2. The van der Waals surface area contributed by atoms with Gasteiger partial charge in [0, 0.05) is 33.6 Å². The van der Waals surface area contributed by atoms with Crippen LogP contribution in [0.3, 0.4) is 0 Å². The van der Waals surface area contributed by atoms with Gasteiger partial charge in [0.25, 0.3) is 0 Å². The normalized spacial score (nSPS) is 12.9. The summed E-state index contributed by atoms with van der Waals surface area (Å²) in [6, 6.07) is 16.0. The van der Waals surface area contributed by atoms with E-state index >= 15 is 0 Å². The number of hydrogen-bond acceptors (Lipinski definition) is 6. The quantitative estimate of drug-likeness (QED) is 0.468. The first-order valence-electron chi connectivity index (χ1n) is 8.44. The SMILES string of the molecule is O=S(=O)(NCC(O)c1ccc(-c2cccs2)s1)c1ccc(-n2cccn2)cc1. The van der Waals surface area contributed by atoms with E-state index in [1.807, 2.05) is 29.6 Å². The first kappa shape index (κ1) is 19.0. The van der Waals surface area contributed by atoms with Gasteiger partial charge in [-0.2, -0.15) is 5.10 Å². The van der Waals surface area contributed by atoms with Crippen molar-refractivity contribution in [2.75, 3.05) is 6.54 Å². The highest BCUT2D eigenvalue weighted by Crippen LogP contribution is 2.34. The Balaban J connectivity index is 1.42. The van der Waals surface area contributed by atoms with Gasteiger partial charge >= 0.3 is 0 Å². The highest BCUT2D eigenvalue weighted by atomic mass is 32.2. The molecule has 9 heteroatoms. The minimum Gasteiger partial charge on any atom is -0.386 e. The largest absolute Gasteiger partial charge is 0.386 e. The van der Waals surface area contributed by atoms with Gasteiger partial charge in [0.1, 0.15) is 6.10 Å². The van der Waals surface area contributed by atoms with Gasteiger partial charge in [0.05, 0.1) is 10.6 Å². The van der Waals surface area contributed by atoms with Gasteiger partial charge < -0.3 is 5.11 Å². The average Bonchev–Trinajstić information content (AvgIpc) is 3.48. The van der Waals surface area contributed by atoms with Crippen molar-refractivity contribution in [1.82, 2.24) is 14.5 Å². The zero-order chi connectivity index (χ0) is 19.6. The molecular formula is C19H17N3O3S3. The first-order valence-corrected chi connectivity index (χ1v) is 11.6. The second kappa shape index (κ2) is 7.98. The molecule has 0 bridgehead atoms. The second-order valence-corrected chi connectivity index (χ2v) is 9.82. The van der Waals surface area contributed by atoms with Crippen LogP contribution in [0.25, 0.3) is 15.4 Å². The summed E-state index contributed by atoms with van der Waals surface area (Å²) in [4.78, 5) is 3.05. The molecule has 0 aliphatic rings. The van der Waals surface area contributed by atoms with Gasteiger partial charge in [-0.3, -0.25) is 0 Å². The molecular weight excluding hydrogens is 414 g/mol. The lowest BCUT2D eigenvalue weighted by Gasteiger charge is -2.11. The number of rotatable bonds is 7. The fourth-order valence-corrected chi connectivity index (χ4v) is 5.52. The van der Waals surface area contributed by atoms with E-state index in [-0.39, 0.29) is 11.4 Å². The smallest absolute Gasteiger partial charge is 0.240 e. The third kappa shape index (κ3) is 4.08. The summed E-state index contributed by atoms with van der Waals surface area (Å²) in [5.41, 5.74) is 0.767. The average molecular weight is 432 g/mol. The number of benzene rings is 1. The Bertz CT molecular complexity index is 1130. The molecule has 1 aromatic carbocycles. The van der Waals surface area contributed by atoms with Crippen LogP contribution in [0.15, 0.2) is 77.3 Å². The van der Waals surface area contributed by atoms with E-state index in [1.165, 1.54) is 23.5 Å². The second-order valence-electron chi connectivity index (χ2n) is 5.99. The van der Waals surface area contributed by atoms with Crippen molar-refractivity contribution in [2.45, 2.75) is 11.0 Å². The number of aliphatic hydroxyl groups excluding tert-OH is 1. The minimum absolute atomic E-state index is 0.0896. The Morgan fingerprint density at radius 1 is 1.07 bits per heavy atom. The van der Waals surface area contributed by atoms with E-state index in [9.17, 15) is 13.5 Å². The zero-order valence-electron chi connectivity index (χ0n) is 14.6. The third-order valence-electron chi connectivity index (χ3n) is 4.10. The maximum atomic E-state index is 12.5. The molecule has 4 rings (SSSR count). The van der Waals surface area contributed by atoms with Gasteiger partial charge in [-0.05, 0) is 53.9 Å². The molecule has 144 valence electrons. The molecule has 0 fully saturated rings. The number of aromatic nitrogens is 2. The Morgan fingerprint density at radius 3 is 2.57 bits per heavy atom. The van der Waals surface area contributed by atoms with Crippen LogP contribution < -0.4 is 4.72 Å². The molecule has 1 unspecified atom stereocenters. The number of nitrogens with one attached hydrogen (secondary N) is 1. The van der Waals surface area contributed by atoms with Crippen LogP contribution in [0.2, 0.25) is 0 Å². The standard InChI is InChI=1S/C19H17N3O3S3/c23-16(17-8-9-19(27-17)18-3-1-12-26-18)13-21-28(24,25)15-6-4-14(5-7-15)22-11-2-10-20-22/h1-12,16,21,23H,13H2. The summed E-state index contributed by atoms with van der Waals surface area (Å²) < 4.78 is 29.2. The van der Waals surface area contributed by atoms with Gasteiger partial charge in [0.15, 0.2) is 0 Å². The van der Waals surface area contributed by atoms with Gasteiger partial charge in [-0.25, -0.2) is 17.8 Å². The lowest BCUT2D eigenvalue weighted by molar-refractivity contribution is 0.186. The van der Waals surface area contributed by atoms with Crippen molar-refractivity contribution >= 4 is 32.7 Å². The van der Waals surface area contributed by atoms with Crippen molar-refractivity contribution in [3.63, 3.8) is 0 Å². The fraction of sp³-hybridized carbons (Fsp3) is 0.105. The highest BCUT2D eigenvalue weighted by Gasteiger charge is 2.18. The van der Waals surface area contributed by atoms with Crippen molar-refractivity contribution in [1.29, 1.82) is 0 Å². The third-order valence-corrected chi connectivity index (χ3v) is 7.79. The summed E-state index contributed by atoms with van der Waals surface area (Å²) in [5, 5.41) is 16.5. The van der Waals surface area contributed by atoms with Crippen molar-refractivity contribution in [3.8, 4) is 15.4 Å². The van der Waals surface area contributed by atoms with E-state index in [0.29, 0.717) is 0 Å². The molecule has 0 aliphatic carbocycles. The van der Waals surface area contributed by atoms with Crippen LogP contribution >= 0.6 is 22.7 Å². The molecule has 4 aromatic rings. The molecule has 28 heavy (non-hydrogen) atoms. The predicted octanol–water partition coefficient (Wildman–Crippen LogP) is 3.67. The summed E-state index contributed by atoms with van der Waals surface area (Å²) in [7, 11) is -3.72. The topological polar surface area (TPSA) is 84.2 Å². The van der Waals surface area contributed by atoms with Crippen LogP contribution in [-0.4, -0.2) is 29.8 Å². The Hall–Kier alpha value is -2.30. The van der Waals surface area contributed by atoms with Crippen LogP contribution in [0.5, 0.6) is 0 Å². The van der Waals surface area contributed by atoms with Gasteiger partial charge in [0.2, 0.25) is 10.0 Å². The number of sulfonamides is 1. The van der Waals surface area contributed by atoms with E-state index in [0.717, 1.165) is 20.3 Å². The zero-order valence-corrected chi connectivity index (χ0v) is 17.0. The molecule has 2 N–H and O–H groups in total. The molecule has 0 spiro atoms. The van der Waals surface area contributed by atoms with E-state index in [2.05, 4.69) is 9.82 Å². The lowest BCUT2D eigenvalue weighted by atomic mass is 10.3. The van der Waals surface area contributed by atoms with E-state index in [4.69, 9.17) is 0 Å². The van der Waals surface area contributed by atoms with Crippen molar-refractivity contribution in [2.24, 2.45) is 0 Å². The van der Waals surface area contributed by atoms with Crippen LogP contribution in [-0.2, 0) is 10.0 Å². The van der Waals surface area contributed by atoms with Gasteiger partial charge in [-0.15, -0.1) is 22.7 Å². The van der Waals surface area contributed by atoms with Crippen LogP contribution in [0.4, 0.5) is 0 Å². The monoisotopic (exact) mass is 431 g/mol.